The Morgan fingerprint density at radius 2 is 2.11 bits per heavy atom. The lowest BCUT2D eigenvalue weighted by atomic mass is 9.96. The van der Waals surface area contributed by atoms with E-state index in [-0.39, 0.29) is 17.9 Å². The van der Waals surface area contributed by atoms with Crippen molar-refractivity contribution in [3.8, 4) is 0 Å². The van der Waals surface area contributed by atoms with Crippen LogP contribution >= 0.6 is 11.5 Å². The van der Waals surface area contributed by atoms with E-state index in [2.05, 4.69) is 19.6 Å². The molecule has 0 bridgehead atoms. The first-order chi connectivity index (χ1) is 8.56. The smallest absolute Gasteiger partial charge is 0.223 e. The Kier molecular flexibility index (Phi) is 4.16. The minimum Gasteiger partial charge on any atom is -0.354 e. The van der Waals surface area contributed by atoms with Crippen molar-refractivity contribution < 1.29 is 4.79 Å². The highest BCUT2D eigenvalue weighted by molar-refractivity contribution is 7.09. The topological polar surface area (TPSA) is 58.1 Å². The highest BCUT2D eigenvalue weighted by atomic mass is 32.1. The lowest BCUT2D eigenvalue weighted by Crippen LogP contribution is -2.42. The number of hydrogen-bond acceptors (Lipinski definition) is 5. The van der Waals surface area contributed by atoms with Gasteiger partial charge in [0.15, 0.2) is 0 Å². The maximum Gasteiger partial charge on any atom is 0.223 e. The molecule has 18 heavy (non-hydrogen) atoms. The van der Waals surface area contributed by atoms with E-state index in [9.17, 15) is 4.79 Å². The first-order valence-electron chi connectivity index (χ1n) is 6.42. The number of hydrogen-bond donors (Lipinski definition) is 1. The zero-order valence-electron chi connectivity index (χ0n) is 11.1. The van der Waals surface area contributed by atoms with Gasteiger partial charge in [-0.1, -0.05) is 0 Å². The standard InChI is InChI=1S/C12H20N4OS/c1-8(2)13-11(17)10-4-6-16(7-5-10)12-14-9(3)15-18-12/h8,10H,4-7H2,1-3H3,(H,13,17). The highest BCUT2D eigenvalue weighted by Crippen LogP contribution is 2.24. The molecule has 1 aliphatic heterocycles. The maximum absolute atomic E-state index is 11.9. The van der Waals surface area contributed by atoms with Gasteiger partial charge >= 0.3 is 0 Å². The number of piperidine rings is 1. The molecule has 0 atom stereocenters. The van der Waals surface area contributed by atoms with Crippen LogP contribution in [-0.2, 0) is 4.79 Å². The summed E-state index contributed by atoms with van der Waals surface area (Å²) in [5.74, 6) is 1.17. The summed E-state index contributed by atoms with van der Waals surface area (Å²) in [6.07, 6.45) is 1.80. The summed E-state index contributed by atoms with van der Waals surface area (Å²) in [7, 11) is 0. The van der Waals surface area contributed by atoms with E-state index in [4.69, 9.17) is 0 Å². The quantitative estimate of drug-likeness (QED) is 0.904. The molecule has 0 aromatic carbocycles. The van der Waals surface area contributed by atoms with Crippen LogP contribution in [0.1, 0.15) is 32.5 Å². The predicted molar refractivity (Wildman–Crippen MR) is 72.9 cm³/mol. The number of aromatic nitrogens is 2. The number of anilines is 1. The van der Waals surface area contributed by atoms with Gasteiger partial charge in [0, 0.05) is 36.6 Å². The summed E-state index contributed by atoms with van der Waals surface area (Å²) in [5.41, 5.74) is 0. The molecule has 100 valence electrons. The van der Waals surface area contributed by atoms with Gasteiger partial charge in [-0.3, -0.25) is 4.79 Å². The van der Waals surface area contributed by atoms with Gasteiger partial charge in [0.2, 0.25) is 11.0 Å². The zero-order chi connectivity index (χ0) is 13.1. The maximum atomic E-state index is 11.9. The zero-order valence-corrected chi connectivity index (χ0v) is 12.0. The molecule has 6 heteroatoms. The Morgan fingerprint density at radius 3 is 2.61 bits per heavy atom. The summed E-state index contributed by atoms with van der Waals surface area (Å²) < 4.78 is 4.19. The lowest BCUT2D eigenvalue weighted by Gasteiger charge is -2.31. The van der Waals surface area contributed by atoms with E-state index in [1.165, 1.54) is 11.5 Å². The average Bonchev–Trinajstić information content (AvgIpc) is 2.75. The molecule has 5 nitrogen and oxygen atoms in total. The summed E-state index contributed by atoms with van der Waals surface area (Å²) in [5, 5.41) is 3.97. The van der Waals surface area contributed by atoms with Gasteiger partial charge in [-0.05, 0) is 33.6 Å². The van der Waals surface area contributed by atoms with E-state index in [0.29, 0.717) is 0 Å². The number of amides is 1. The molecule has 1 saturated heterocycles. The van der Waals surface area contributed by atoms with Crippen LogP contribution in [-0.4, -0.2) is 34.4 Å². The van der Waals surface area contributed by atoms with E-state index in [1.807, 2.05) is 20.8 Å². The molecular weight excluding hydrogens is 248 g/mol. The van der Waals surface area contributed by atoms with Crippen molar-refractivity contribution in [3.05, 3.63) is 5.82 Å². The molecule has 1 aliphatic rings. The third-order valence-corrected chi connectivity index (χ3v) is 3.95. The summed E-state index contributed by atoms with van der Waals surface area (Å²) in [6, 6.07) is 0.223. The number of nitrogens with one attached hydrogen (secondary N) is 1. The second-order valence-corrected chi connectivity index (χ2v) is 5.78. The van der Waals surface area contributed by atoms with Gasteiger partial charge in [0.25, 0.3) is 0 Å². The second-order valence-electron chi connectivity index (χ2n) is 5.05. The van der Waals surface area contributed by atoms with Gasteiger partial charge in [-0.15, -0.1) is 0 Å². The fourth-order valence-corrected chi connectivity index (χ4v) is 2.88. The van der Waals surface area contributed by atoms with Crippen LogP contribution in [0.4, 0.5) is 5.13 Å². The molecule has 1 aromatic heterocycles. The largest absolute Gasteiger partial charge is 0.354 e. The summed E-state index contributed by atoms with van der Waals surface area (Å²) in [4.78, 5) is 18.5. The SMILES string of the molecule is Cc1nsc(N2CCC(C(=O)NC(C)C)CC2)n1. The van der Waals surface area contributed by atoms with Crippen LogP contribution in [0.25, 0.3) is 0 Å². The fourth-order valence-electron chi connectivity index (χ4n) is 2.15. The van der Waals surface area contributed by atoms with Crippen molar-refractivity contribution in [2.75, 3.05) is 18.0 Å². The second kappa shape index (κ2) is 5.65. The Hall–Kier alpha value is -1.17. The van der Waals surface area contributed by atoms with E-state index >= 15 is 0 Å². The van der Waals surface area contributed by atoms with Gasteiger partial charge in [-0.2, -0.15) is 4.37 Å². The van der Waals surface area contributed by atoms with E-state index < -0.39 is 0 Å². The minimum absolute atomic E-state index is 0.151. The summed E-state index contributed by atoms with van der Waals surface area (Å²) in [6.45, 7) is 7.69. The van der Waals surface area contributed by atoms with Crippen molar-refractivity contribution >= 4 is 22.6 Å². The number of aryl methyl sites for hydroxylation is 1. The third-order valence-electron chi connectivity index (χ3n) is 3.08. The van der Waals surface area contributed by atoms with Crippen molar-refractivity contribution in [1.82, 2.24) is 14.7 Å². The van der Waals surface area contributed by atoms with E-state index in [0.717, 1.165) is 36.9 Å². The molecule has 2 rings (SSSR count). The number of rotatable bonds is 3. The summed E-state index contributed by atoms with van der Waals surface area (Å²) >= 11 is 1.44. The van der Waals surface area contributed by atoms with Crippen LogP contribution in [0.5, 0.6) is 0 Å². The van der Waals surface area contributed by atoms with Crippen LogP contribution in [0.15, 0.2) is 0 Å². The molecule has 0 saturated carbocycles. The number of nitrogens with zero attached hydrogens (tertiary/aromatic N) is 3. The van der Waals surface area contributed by atoms with Crippen LogP contribution < -0.4 is 10.2 Å². The number of carbonyl (C=O) groups excluding carboxylic acids is 1. The van der Waals surface area contributed by atoms with Crippen molar-refractivity contribution in [2.24, 2.45) is 5.92 Å². The molecule has 1 aromatic rings. The van der Waals surface area contributed by atoms with E-state index in [1.54, 1.807) is 0 Å². The van der Waals surface area contributed by atoms with Crippen molar-refractivity contribution in [1.29, 1.82) is 0 Å². The van der Waals surface area contributed by atoms with Gasteiger partial charge in [0.1, 0.15) is 5.82 Å². The lowest BCUT2D eigenvalue weighted by molar-refractivity contribution is -0.126. The van der Waals surface area contributed by atoms with Crippen molar-refractivity contribution in [2.45, 2.75) is 39.7 Å². The molecule has 0 aliphatic carbocycles. The van der Waals surface area contributed by atoms with Crippen LogP contribution in [0.3, 0.4) is 0 Å². The Morgan fingerprint density at radius 1 is 1.44 bits per heavy atom. The van der Waals surface area contributed by atoms with Gasteiger partial charge in [0.05, 0.1) is 0 Å². The first kappa shape index (κ1) is 13.3. The number of carbonyl (C=O) groups is 1. The molecular formula is C12H20N4OS. The molecule has 1 N–H and O–H groups in total. The molecule has 2 heterocycles. The van der Waals surface area contributed by atoms with Gasteiger partial charge in [-0.25, -0.2) is 4.98 Å². The fraction of sp³-hybridized carbons (Fsp3) is 0.750. The minimum atomic E-state index is 0.151. The monoisotopic (exact) mass is 268 g/mol. The average molecular weight is 268 g/mol. The Bertz CT molecular complexity index is 410. The molecule has 1 amide bonds. The third kappa shape index (κ3) is 3.19. The van der Waals surface area contributed by atoms with Crippen LogP contribution in [0, 0.1) is 12.8 Å². The Balaban J connectivity index is 1.86. The molecule has 0 spiro atoms. The van der Waals surface area contributed by atoms with Crippen LogP contribution in [0.2, 0.25) is 0 Å². The van der Waals surface area contributed by atoms with Crippen molar-refractivity contribution in [3.63, 3.8) is 0 Å². The highest BCUT2D eigenvalue weighted by Gasteiger charge is 2.26. The molecule has 1 fully saturated rings. The molecule has 0 radical (unpaired) electrons. The first-order valence-corrected chi connectivity index (χ1v) is 7.19. The normalized spacial score (nSPS) is 17.2. The Labute approximate surface area is 112 Å². The predicted octanol–water partition coefficient (Wildman–Crippen LogP) is 1.59. The van der Waals surface area contributed by atoms with Gasteiger partial charge < -0.3 is 10.2 Å². The molecule has 0 unspecified atom stereocenters.